The average Bonchev–Trinajstić information content (AvgIpc) is 2.54. The van der Waals surface area contributed by atoms with Crippen molar-refractivity contribution in [3.8, 4) is 0 Å². The van der Waals surface area contributed by atoms with Crippen LogP contribution in [0.15, 0.2) is 24.3 Å². The van der Waals surface area contributed by atoms with Gasteiger partial charge in [0.25, 0.3) is 0 Å². The third kappa shape index (κ3) is 5.00. The van der Waals surface area contributed by atoms with Crippen LogP contribution in [-0.2, 0) is 11.2 Å². The summed E-state index contributed by atoms with van der Waals surface area (Å²) in [5, 5.41) is 14.3. The summed E-state index contributed by atoms with van der Waals surface area (Å²) in [6.45, 7) is 2.90. The van der Waals surface area contributed by atoms with E-state index in [0.717, 1.165) is 19.3 Å². The predicted molar refractivity (Wildman–Crippen MR) is 85.8 cm³/mol. The van der Waals surface area contributed by atoms with Crippen LogP contribution < -0.4 is 10.6 Å². The lowest BCUT2D eigenvalue weighted by Gasteiger charge is -2.25. The normalized spacial score (nSPS) is 18.4. The number of amides is 2. The summed E-state index contributed by atoms with van der Waals surface area (Å²) in [4.78, 5) is 11.5. The Morgan fingerprint density at radius 1 is 1.45 bits per heavy atom. The molecule has 1 aliphatic rings. The van der Waals surface area contributed by atoms with E-state index in [0.29, 0.717) is 13.2 Å². The number of carbonyl (C=O) groups is 1. The van der Waals surface area contributed by atoms with Crippen LogP contribution in [0.1, 0.15) is 43.4 Å². The maximum atomic E-state index is 11.5. The van der Waals surface area contributed by atoms with Gasteiger partial charge in [-0.15, -0.1) is 0 Å². The third-order valence-corrected chi connectivity index (χ3v) is 3.89. The van der Waals surface area contributed by atoms with Crippen molar-refractivity contribution < 1.29 is 14.6 Å². The van der Waals surface area contributed by atoms with Gasteiger partial charge >= 0.3 is 6.03 Å². The van der Waals surface area contributed by atoms with Crippen molar-refractivity contribution in [1.29, 1.82) is 0 Å². The molecule has 5 heteroatoms. The van der Waals surface area contributed by atoms with E-state index < -0.39 is 0 Å². The van der Waals surface area contributed by atoms with E-state index in [1.165, 1.54) is 17.5 Å². The molecule has 1 aliphatic carbocycles. The lowest BCUT2D eigenvalue weighted by Crippen LogP contribution is -2.42. The number of urea groups is 1. The number of rotatable bonds is 7. The lowest BCUT2D eigenvalue weighted by atomic mass is 9.89. The van der Waals surface area contributed by atoms with E-state index in [-0.39, 0.29) is 24.8 Å². The van der Waals surface area contributed by atoms with E-state index in [1.807, 2.05) is 0 Å². The molecule has 0 spiro atoms. The van der Waals surface area contributed by atoms with Crippen LogP contribution in [0.2, 0.25) is 0 Å². The van der Waals surface area contributed by atoms with Crippen molar-refractivity contribution in [3.63, 3.8) is 0 Å². The van der Waals surface area contributed by atoms with Crippen LogP contribution in [0.5, 0.6) is 0 Å². The van der Waals surface area contributed by atoms with E-state index >= 15 is 0 Å². The molecule has 2 atom stereocenters. The summed E-state index contributed by atoms with van der Waals surface area (Å²) in [7, 11) is 0. The first-order valence-electron chi connectivity index (χ1n) is 8.05. The second kappa shape index (κ2) is 8.76. The third-order valence-electron chi connectivity index (χ3n) is 3.89. The van der Waals surface area contributed by atoms with Crippen molar-refractivity contribution in [3.05, 3.63) is 35.4 Å². The van der Waals surface area contributed by atoms with E-state index in [2.05, 4.69) is 34.9 Å². The number of ether oxygens (including phenoxy) is 1. The van der Waals surface area contributed by atoms with Crippen molar-refractivity contribution in [2.24, 2.45) is 0 Å². The molecule has 0 heterocycles. The Labute approximate surface area is 132 Å². The highest BCUT2D eigenvalue weighted by Crippen LogP contribution is 2.32. The number of hydrogen-bond donors (Lipinski definition) is 3. The summed E-state index contributed by atoms with van der Waals surface area (Å²) in [6, 6.07) is 8.01. The minimum Gasteiger partial charge on any atom is -0.394 e. The second-order valence-electron chi connectivity index (χ2n) is 5.79. The van der Waals surface area contributed by atoms with Gasteiger partial charge in [0.2, 0.25) is 0 Å². The molecule has 0 fully saturated rings. The SMILES string of the molecule is C[C@@H](CO)NC(=O)NCCCO[C@@H]1CCCc2ccccc21. The van der Waals surface area contributed by atoms with Gasteiger partial charge in [-0.25, -0.2) is 4.79 Å². The van der Waals surface area contributed by atoms with Crippen molar-refractivity contribution in [1.82, 2.24) is 10.6 Å². The van der Waals surface area contributed by atoms with Gasteiger partial charge < -0.3 is 20.5 Å². The van der Waals surface area contributed by atoms with E-state index in [1.54, 1.807) is 6.92 Å². The number of aliphatic hydroxyl groups is 1. The summed E-state index contributed by atoms with van der Waals surface area (Å²) in [6.07, 6.45) is 4.34. The molecular formula is C17H26N2O3. The molecule has 0 saturated carbocycles. The predicted octanol–water partition coefficient (Wildman–Crippen LogP) is 2.15. The molecule has 22 heavy (non-hydrogen) atoms. The molecule has 0 aliphatic heterocycles. The topological polar surface area (TPSA) is 70.6 Å². The average molecular weight is 306 g/mol. The number of hydrogen-bond acceptors (Lipinski definition) is 3. The first-order valence-corrected chi connectivity index (χ1v) is 8.05. The maximum Gasteiger partial charge on any atom is 0.315 e. The molecule has 5 nitrogen and oxygen atoms in total. The molecule has 0 saturated heterocycles. The van der Waals surface area contributed by atoms with E-state index in [9.17, 15) is 4.79 Å². The molecule has 2 rings (SSSR count). The standard InChI is InChI=1S/C17H26N2O3/c1-13(12-20)19-17(21)18-10-5-11-22-16-9-4-7-14-6-2-3-8-15(14)16/h2-3,6,8,13,16,20H,4-5,7,9-12H2,1H3,(H2,18,19,21)/t13-,16+/m0/s1. The van der Waals surface area contributed by atoms with Crippen LogP contribution in [0.25, 0.3) is 0 Å². The molecule has 0 aromatic heterocycles. The Kier molecular flexibility index (Phi) is 6.68. The Morgan fingerprint density at radius 2 is 2.27 bits per heavy atom. The number of nitrogens with one attached hydrogen (secondary N) is 2. The fourth-order valence-electron chi connectivity index (χ4n) is 2.70. The smallest absolute Gasteiger partial charge is 0.315 e. The Balaban J connectivity index is 1.65. The van der Waals surface area contributed by atoms with Crippen molar-refractivity contribution in [2.45, 2.75) is 44.8 Å². The Bertz CT molecular complexity index is 479. The van der Waals surface area contributed by atoms with Gasteiger partial charge in [-0.05, 0) is 43.7 Å². The fourth-order valence-corrected chi connectivity index (χ4v) is 2.70. The Morgan fingerprint density at radius 3 is 3.09 bits per heavy atom. The van der Waals surface area contributed by atoms with Gasteiger partial charge in [0.1, 0.15) is 0 Å². The molecule has 122 valence electrons. The van der Waals surface area contributed by atoms with Gasteiger partial charge in [0.05, 0.1) is 18.8 Å². The molecule has 1 aromatic rings. The highest BCUT2D eigenvalue weighted by atomic mass is 16.5. The molecule has 0 bridgehead atoms. The van der Waals surface area contributed by atoms with Crippen LogP contribution in [0.4, 0.5) is 4.79 Å². The zero-order chi connectivity index (χ0) is 15.8. The zero-order valence-electron chi connectivity index (χ0n) is 13.2. The van der Waals surface area contributed by atoms with Crippen LogP contribution in [0.3, 0.4) is 0 Å². The number of benzene rings is 1. The van der Waals surface area contributed by atoms with Crippen LogP contribution >= 0.6 is 0 Å². The minimum atomic E-state index is -0.246. The largest absolute Gasteiger partial charge is 0.394 e. The molecule has 2 amide bonds. The summed E-state index contributed by atoms with van der Waals surface area (Å²) in [5.41, 5.74) is 2.71. The zero-order valence-corrected chi connectivity index (χ0v) is 13.2. The first-order chi connectivity index (χ1) is 10.7. The molecule has 0 unspecified atom stereocenters. The van der Waals surface area contributed by atoms with Gasteiger partial charge in [0, 0.05) is 13.2 Å². The molecule has 3 N–H and O–H groups in total. The van der Waals surface area contributed by atoms with Gasteiger partial charge in [-0.2, -0.15) is 0 Å². The summed E-state index contributed by atoms with van der Waals surface area (Å²) >= 11 is 0. The molecular weight excluding hydrogens is 280 g/mol. The quantitative estimate of drug-likeness (QED) is 0.676. The number of aliphatic hydroxyl groups excluding tert-OH is 1. The van der Waals surface area contributed by atoms with Gasteiger partial charge in [-0.3, -0.25) is 0 Å². The van der Waals surface area contributed by atoms with Crippen LogP contribution in [-0.4, -0.2) is 36.9 Å². The molecule has 0 radical (unpaired) electrons. The number of fused-ring (bicyclic) bond motifs is 1. The highest BCUT2D eigenvalue weighted by molar-refractivity contribution is 5.74. The summed E-state index contributed by atoms with van der Waals surface area (Å²) in [5.74, 6) is 0. The van der Waals surface area contributed by atoms with Crippen molar-refractivity contribution >= 4 is 6.03 Å². The second-order valence-corrected chi connectivity index (χ2v) is 5.79. The molecule has 1 aromatic carbocycles. The van der Waals surface area contributed by atoms with E-state index in [4.69, 9.17) is 9.84 Å². The number of aryl methyl sites for hydroxylation is 1. The van der Waals surface area contributed by atoms with Crippen molar-refractivity contribution in [2.75, 3.05) is 19.8 Å². The van der Waals surface area contributed by atoms with Crippen LogP contribution in [0, 0.1) is 0 Å². The van der Waals surface area contributed by atoms with Gasteiger partial charge in [0.15, 0.2) is 0 Å². The lowest BCUT2D eigenvalue weighted by molar-refractivity contribution is 0.0396. The maximum absolute atomic E-state index is 11.5. The highest BCUT2D eigenvalue weighted by Gasteiger charge is 2.19. The monoisotopic (exact) mass is 306 g/mol. The summed E-state index contributed by atoms with van der Waals surface area (Å²) < 4.78 is 5.98. The minimum absolute atomic E-state index is 0.0579. The first kappa shape index (κ1) is 16.8. The van der Waals surface area contributed by atoms with Gasteiger partial charge in [-0.1, -0.05) is 24.3 Å². The fraction of sp³-hybridized carbons (Fsp3) is 0.588. The number of carbonyl (C=O) groups excluding carboxylic acids is 1. The Hall–Kier alpha value is -1.59.